The minimum Gasteiger partial charge on any atom is -0.492 e. The van der Waals surface area contributed by atoms with Crippen molar-refractivity contribution in [2.24, 2.45) is 0 Å². The lowest BCUT2D eigenvalue weighted by Crippen LogP contribution is -2.24. The van der Waals surface area contributed by atoms with E-state index in [-0.39, 0.29) is 5.56 Å². The Kier molecular flexibility index (Phi) is 4.63. The first kappa shape index (κ1) is 15.9. The minimum absolute atomic E-state index is 0.158. The van der Waals surface area contributed by atoms with Crippen molar-refractivity contribution >= 4 is 37.4 Å². The van der Waals surface area contributed by atoms with Gasteiger partial charge >= 0.3 is 0 Å². The van der Waals surface area contributed by atoms with Gasteiger partial charge in [0.25, 0.3) is 5.56 Å². The van der Waals surface area contributed by atoms with Gasteiger partial charge in [-0.05, 0) is 31.2 Å². The molecule has 0 N–H and O–H groups in total. The third kappa shape index (κ3) is 3.70. The van der Waals surface area contributed by atoms with Crippen LogP contribution in [0.15, 0.2) is 39.6 Å². The molecule has 2 aromatic heterocycles. The number of likely N-dealkylation sites (N-methyl/N-ethyl adjacent to an activating group) is 1. The molecule has 0 atom stereocenters. The van der Waals surface area contributed by atoms with Crippen molar-refractivity contribution in [1.29, 1.82) is 0 Å². The van der Waals surface area contributed by atoms with Crippen LogP contribution < -0.4 is 15.2 Å². The summed E-state index contributed by atoms with van der Waals surface area (Å²) in [6.07, 6.45) is 0. The zero-order valence-electron chi connectivity index (χ0n) is 12.7. The van der Waals surface area contributed by atoms with E-state index in [0.717, 1.165) is 15.4 Å². The van der Waals surface area contributed by atoms with E-state index in [4.69, 9.17) is 4.74 Å². The molecule has 0 aliphatic heterocycles. The molecular formula is C15H15BrN4O2S. The van der Waals surface area contributed by atoms with E-state index in [2.05, 4.69) is 26.0 Å². The Labute approximate surface area is 145 Å². The van der Waals surface area contributed by atoms with E-state index in [1.54, 1.807) is 6.92 Å². The number of ether oxygens (including phenoxy) is 1. The van der Waals surface area contributed by atoms with E-state index in [9.17, 15) is 4.79 Å². The molecule has 0 aliphatic rings. The topological polar surface area (TPSA) is 59.7 Å². The lowest BCUT2D eigenvalue weighted by Gasteiger charge is -2.15. The predicted octanol–water partition coefficient (Wildman–Crippen LogP) is 2.74. The van der Waals surface area contributed by atoms with Gasteiger partial charge in [0.05, 0.1) is 6.54 Å². The van der Waals surface area contributed by atoms with Crippen LogP contribution >= 0.6 is 27.3 Å². The van der Waals surface area contributed by atoms with Crippen LogP contribution in [0.4, 0.5) is 5.13 Å². The van der Waals surface area contributed by atoms with Crippen LogP contribution in [0.25, 0.3) is 4.96 Å². The maximum atomic E-state index is 11.9. The fourth-order valence-corrected chi connectivity index (χ4v) is 3.20. The summed E-state index contributed by atoms with van der Waals surface area (Å²) >= 11 is 4.78. The van der Waals surface area contributed by atoms with Gasteiger partial charge in [0.2, 0.25) is 10.1 Å². The number of hydrogen-bond donors (Lipinski definition) is 0. The molecule has 0 unspecified atom stereocenters. The number of benzene rings is 1. The predicted molar refractivity (Wildman–Crippen MR) is 94.8 cm³/mol. The van der Waals surface area contributed by atoms with Crippen molar-refractivity contribution in [3.8, 4) is 5.75 Å². The number of aromatic nitrogens is 3. The van der Waals surface area contributed by atoms with Crippen molar-refractivity contribution in [2.45, 2.75) is 6.92 Å². The lowest BCUT2D eigenvalue weighted by atomic mass is 10.3. The van der Waals surface area contributed by atoms with Gasteiger partial charge in [0.15, 0.2) is 0 Å². The Morgan fingerprint density at radius 3 is 2.83 bits per heavy atom. The second kappa shape index (κ2) is 6.67. The number of nitrogens with zero attached hydrogens (tertiary/aromatic N) is 4. The maximum absolute atomic E-state index is 11.9. The molecule has 6 nitrogen and oxygen atoms in total. The Morgan fingerprint density at radius 1 is 1.35 bits per heavy atom. The molecule has 0 saturated carbocycles. The summed E-state index contributed by atoms with van der Waals surface area (Å²) in [6, 6.07) is 9.18. The molecule has 0 amide bonds. The largest absolute Gasteiger partial charge is 0.492 e. The van der Waals surface area contributed by atoms with Gasteiger partial charge in [-0.1, -0.05) is 27.3 Å². The van der Waals surface area contributed by atoms with Crippen LogP contribution in [-0.2, 0) is 0 Å². The fourth-order valence-electron chi connectivity index (χ4n) is 1.99. The normalized spacial score (nSPS) is 10.9. The van der Waals surface area contributed by atoms with Crippen molar-refractivity contribution in [2.75, 3.05) is 25.1 Å². The van der Waals surface area contributed by atoms with Crippen LogP contribution in [-0.4, -0.2) is 34.8 Å². The smallest absolute Gasteiger partial charge is 0.275 e. The minimum atomic E-state index is -0.158. The molecule has 0 aliphatic carbocycles. The highest BCUT2D eigenvalue weighted by Crippen LogP contribution is 2.20. The van der Waals surface area contributed by atoms with Crippen LogP contribution in [0.5, 0.6) is 5.75 Å². The van der Waals surface area contributed by atoms with Gasteiger partial charge in [-0.3, -0.25) is 4.79 Å². The highest BCUT2D eigenvalue weighted by atomic mass is 79.9. The van der Waals surface area contributed by atoms with Gasteiger partial charge in [-0.15, -0.1) is 5.10 Å². The summed E-state index contributed by atoms with van der Waals surface area (Å²) in [5, 5.41) is 5.05. The number of hydrogen-bond acceptors (Lipinski definition) is 6. The first-order valence-corrected chi connectivity index (χ1v) is 8.61. The van der Waals surface area contributed by atoms with Crippen molar-refractivity contribution in [3.05, 3.63) is 50.9 Å². The summed E-state index contributed by atoms with van der Waals surface area (Å²) in [5.74, 6) is 0.819. The summed E-state index contributed by atoms with van der Waals surface area (Å²) < 4.78 is 8.05. The second-order valence-electron chi connectivity index (χ2n) is 5.04. The molecule has 0 spiro atoms. The summed E-state index contributed by atoms with van der Waals surface area (Å²) in [5.41, 5.74) is 0.543. The Bertz CT molecular complexity index is 875. The first-order chi connectivity index (χ1) is 11.0. The van der Waals surface area contributed by atoms with Crippen LogP contribution in [0.1, 0.15) is 5.69 Å². The quantitative estimate of drug-likeness (QED) is 0.665. The van der Waals surface area contributed by atoms with Gasteiger partial charge in [-0.25, -0.2) is 4.98 Å². The molecule has 120 valence electrons. The second-order valence-corrected chi connectivity index (χ2v) is 6.89. The molecule has 3 rings (SSSR count). The zero-order valence-corrected chi connectivity index (χ0v) is 15.1. The van der Waals surface area contributed by atoms with Crippen LogP contribution in [0.3, 0.4) is 0 Å². The molecule has 3 aromatic rings. The third-order valence-corrected chi connectivity index (χ3v) is 4.75. The summed E-state index contributed by atoms with van der Waals surface area (Å²) in [4.78, 5) is 18.8. The maximum Gasteiger partial charge on any atom is 0.275 e. The third-order valence-electron chi connectivity index (χ3n) is 3.20. The molecule has 0 radical (unpaired) electrons. The molecule has 0 bridgehead atoms. The average Bonchev–Trinajstić information content (AvgIpc) is 2.93. The molecule has 23 heavy (non-hydrogen) atoms. The number of anilines is 1. The molecule has 0 saturated heterocycles. The molecule has 1 aromatic carbocycles. The van der Waals surface area contributed by atoms with E-state index in [0.29, 0.717) is 23.8 Å². The van der Waals surface area contributed by atoms with Crippen molar-refractivity contribution in [1.82, 2.24) is 14.6 Å². The molecular weight excluding hydrogens is 380 g/mol. The SMILES string of the molecule is Cc1cc(=O)n2nc(N(C)CCOc3ccc(Br)cc3)sc2n1. The Hall–Kier alpha value is -1.93. The first-order valence-electron chi connectivity index (χ1n) is 7.00. The van der Waals surface area contributed by atoms with Gasteiger partial charge in [-0.2, -0.15) is 4.52 Å². The van der Waals surface area contributed by atoms with E-state index >= 15 is 0 Å². The highest BCUT2D eigenvalue weighted by Gasteiger charge is 2.11. The Balaban J connectivity index is 1.66. The number of rotatable bonds is 5. The zero-order chi connectivity index (χ0) is 16.4. The number of halogens is 1. The Morgan fingerprint density at radius 2 is 2.09 bits per heavy atom. The summed E-state index contributed by atoms with van der Waals surface area (Å²) in [6.45, 7) is 2.98. The summed E-state index contributed by atoms with van der Waals surface area (Å²) in [7, 11) is 1.92. The van der Waals surface area contributed by atoms with Crippen LogP contribution in [0.2, 0.25) is 0 Å². The monoisotopic (exact) mass is 394 g/mol. The van der Waals surface area contributed by atoms with Crippen LogP contribution in [0, 0.1) is 6.92 Å². The fraction of sp³-hybridized carbons (Fsp3) is 0.267. The highest BCUT2D eigenvalue weighted by molar-refractivity contribution is 9.10. The van der Waals surface area contributed by atoms with E-state index in [1.165, 1.54) is 21.9 Å². The van der Waals surface area contributed by atoms with Gasteiger partial charge in [0.1, 0.15) is 12.4 Å². The van der Waals surface area contributed by atoms with Gasteiger partial charge < -0.3 is 9.64 Å². The number of fused-ring (bicyclic) bond motifs is 1. The van der Waals surface area contributed by atoms with Gasteiger partial charge in [0, 0.05) is 23.3 Å². The van der Waals surface area contributed by atoms with E-state index < -0.39 is 0 Å². The van der Waals surface area contributed by atoms with Crippen molar-refractivity contribution in [3.63, 3.8) is 0 Å². The number of aryl methyl sites for hydroxylation is 1. The molecule has 0 fully saturated rings. The lowest BCUT2D eigenvalue weighted by molar-refractivity contribution is 0.326. The molecule has 2 heterocycles. The molecule has 8 heteroatoms. The van der Waals surface area contributed by atoms with E-state index in [1.807, 2.05) is 36.2 Å². The average molecular weight is 395 g/mol. The standard InChI is InChI=1S/C15H15BrN4O2S/c1-10-9-13(21)20-14(17-10)23-15(18-20)19(2)7-8-22-12-5-3-11(16)4-6-12/h3-6,9H,7-8H2,1-2H3. The van der Waals surface area contributed by atoms with Crippen molar-refractivity contribution < 1.29 is 4.74 Å².